The first-order valence-electron chi connectivity index (χ1n) is 4.75. The average molecular weight is 259 g/mol. The van der Waals surface area contributed by atoms with E-state index in [0.717, 1.165) is 23.1 Å². The van der Waals surface area contributed by atoms with Crippen LogP contribution in [0.25, 0.3) is 0 Å². The first kappa shape index (κ1) is 11.5. The number of aromatic nitrogens is 1. The summed E-state index contributed by atoms with van der Waals surface area (Å²) in [5.74, 6) is 0.855. The predicted octanol–water partition coefficient (Wildman–Crippen LogP) is 2.42. The van der Waals surface area contributed by atoms with Crippen molar-refractivity contribution in [3.05, 3.63) is 22.8 Å². The molecule has 0 fully saturated rings. The molecular formula is C10H15BrN2O. The van der Waals surface area contributed by atoms with Crippen molar-refractivity contribution in [1.82, 2.24) is 4.98 Å². The number of aliphatic hydroxyl groups excluding tert-OH is 1. The van der Waals surface area contributed by atoms with E-state index in [-0.39, 0.29) is 6.61 Å². The minimum atomic E-state index is 0.210. The molecule has 1 atom stereocenters. The van der Waals surface area contributed by atoms with Crippen molar-refractivity contribution in [3.63, 3.8) is 0 Å². The van der Waals surface area contributed by atoms with Gasteiger partial charge in [-0.05, 0) is 40.9 Å². The third kappa shape index (κ3) is 3.64. The van der Waals surface area contributed by atoms with Gasteiger partial charge in [-0.1, -0.05) is 6.92 Å². The van der Waals surface area contributed by atoms with Crippen LogP contribution >= 0.6 is 15.9 Å². The molecule has 0 radical (unpaired) electrons. The molecule has 0 aliphatic heterocycles. The number of anilines is 1. The summed E-state index contributed by atoms with van der Waals surface area (Å²) >= 11 is 3.33. The molecule has 1 aromatic rings. The number of hydrogen-bond donors (Lipinski definition) is 2. The Bertz CT molecular complexity index is 263. The summed E-state index contributed by atoms with van der Waals surface area (Å²) in [4.78, 5) is 4.21. The van der Waals surface area contributed by atoms with Gasteiger partial charge in [-0.3, -0.25) is 0 Å². The molecule has 0 spiro atoms. The summed E-state index contributed by atoms with van der Waals surface area (Å²) in [6.07, 6.45) is 3.50. The van der Waals surface area contributed by atoms with E-state index in [9.17, 15) is 0 Å². The zero-order valence-electron chi connectivity index (χ0n) is 8.20. The van der Waals surface area contributed by atoms with Crippen LogP contribution in [0.5, 0.6) is 0 Å². The highest BCUT2D eigenvalue weighted by molar-refractivity contribution is 9.10. The van der Waals surface area contributed by atoms with Crippen molar-refractivity contribution in [2.24, 2.45) is 0 Å². The maximum Gasteiger partial charge on any atom is 0.126 e. The van der Waals surface area contributed by atoms with Gasteiger partial charge in [0.1, 0.15) is 5.82 Å². The lowest BCUT2D eigenvalue weighted by Gasteiger charge is -2.15. The molecule has 3 nitrogen and oxygen atoms in total. The molecule has 78 valence electrons. The van der Waals surface area contributed by atoms with Gasteiger partial charge in [0.25, 0.3) is 0 Å². The van der Waals surface area contributed by atoms with Gasteiger partial charge in [0.15, 0.2) is 0 Å². The summed E-state index contributed by atoms with van der Waals surface area (Å²) in [6, 6.07) is 4.17. The van der Waals surface area contributed by atoms with Crippen molar-refractivity contribution >= 4 is 21.7 Å². The highest BCUT2D eigenvalue weighted by Gasteiger charge is 2.05. The summed E-state index contributed by atoms with van der Waals surface area (Å²) < 4.78 is 0.971. The summed E-state index contributed by atoms with van der Waals surface area (Å²) in [5, 5.41) is 12.1. The quantitative estimate of drug-likeness (QED) is 0.853. The van der Waals surface area contributed by atoms with Gasteiger partial charge in [-0.15, -0.1) is 0 Å². The molecule has 0 saturated heterocycles. The van der Waals surface area contributed by atoms with Crippen molar-refractivity contribution < 1.29 is 5.11 Å². The number of hydrogen-bond acceptors (Lipinski definition) is 3. The average Bonchev–Trinajstić information content (AvgIpc) is 2.20. The Balaban J connectivity index is 2.53. The van der Waals surface area contributed by atoms with Crippen molar-refractivity contribution in [2.45, 2.75) is 25.8 Å². The Hall–Kier alpha value is -0.610. The van der Waals surface area contributed by atoms with E-state index in [0.29, 0.717) is 6.04 Å². The molecule has 14 heavy (non-hydrogen) atoms. The van der Waals surface area contributed by atoms with Gasteiger partial charge < -0.3 is 10.4 Å². The molecule has 2 N–H and O–H groups in total. The molecular weight excluding hydrogens is 244 g/mol. The number of aliphatic hydroxyl groups is 1. The topological polar surface area (TPSA) is 45.1 Å². The monoisotopic (exact) mass is 258 g/mol. The van der Waals surface area contributed by atoms with Crippen molar-refractivity contribution in [3.8, 4) is 0 Å². The fourth-order valence-electron chi connectivity index (χ4n) is 1.20. The molecule has 1 rings (SSSR count). The standard InChI is InChI=1S/C10H15BrN2O/c1-2-9(5-6-14)13-10-4-3-8(11)7-12-10/h3-4,7,9,14H,2,5-6H2,1H3,(H,12,13). The van der Waals surface area contributed by atoms with E-state index < -0.39 is 0 Å². The van der Waals surface area contributed by atoms with Gasteiger partial charge in [-0.25, -0.2) is 4.98 Å². The molecule has 4 heteroatoms. The first-order chi connectivity index (χ1) is 6.76. The Morgan fingerprint density at radius 1 is 1.57 bits per heavy atom. The van der Waals surface area contributed by atoms with E-state index in [1.807, 2.05) is 12.1 Å². The third-order valence-corrected chi connectivity index (χ3v) is 2.52. The number of halogens is 1. The second kappa shape index (κ2) is 5.98. The van der Waals surface area contributed by atoms with Crippen LogP contribution in [0.1, 0.15) is 19.8 Å². The lowest BCUT2D eigenvalue weighted by Crippen LogP contribution is -2.20. The van der Waals surface area contributed by atoms with Gasteiger partial charge >= 0.3 is 0 Å². The smallest absolute Gasteiger partial charge is 0.126 e. The lowest BCUT2D eigenvalue weighted by molar-refractivity contribution is 0.278. The van der Waals surface area contributed by atoms with E-state index >= 15 is 0 Å². The third-order valence-electron chi connectivity index (χ3n) is 2.05. The highest BCUT2D eigenvalue weighted by atomic mass is 79.9. The zero-order chi connectivity index (χ0) is 10.4. The van der Waals surface area contributed by atoms with Crippen LogP contribution in [0.15, 0.2) is 22.8 Å². The minimum absolute atomic E-state index is 0.210. The van der Waals surface area contributed by atoms with Crippen LogP contribution in [-0.4, -0.2) is 22.7 Å². The fraction of sp³-hybridized carbons (Fsp3) is 0.500. The van der Waals surface area contributed by atoms with Crippen LogP contribution in [0.4, 0.5) is 5.82 Å². The highest BCUT2D eigenvalue weighted by Crippen LogP contribution is 2.12. The van der Waals surface area contributed by atoms with Gasteiger partial charge in [0.2, 0.25) is 0 Å². The fourth-order valence-corrected chi connectivity index (χ4v) is 1.44. The second-order valence-corrected chi connectivity index (χ2v) is 4.04. The van der Waals surface area contributed by atoms with Gasteiger partial charge in [0, 0.05) is 23.3 Å². The van der Waals surface area contributed by atoms with Crippen LogP contribution in [-0.2, 0) is 0 Å². The lowest BCUT2D eigenvalue weighted by atomic mass is 10.1. The Morgan fingerprint density at radius 2 is 2.36 bits per heavy atom. The molecule has 1 heterocycles. The number of rotatable bonds is 5. The molecule has 0 aliphatic carbocycles. The van der Waals surface area contributed by atoms with Gasteiger partial charge in [0.05, 0.1) is 0 Å². The summed E-state index contributed by atoms with van der Waals surface area (Å²) in [5.41, 5.74) is 0. The molecule has 1 unspecified atom stereocenters. The molecule has 0 aliphatic rings. The van der Waals surface area contributed by atoms with Crippen LogP contribution < -0.4 is 5.32 Å². The largest absolute Gasteiger partial charge is 0.396 e. The van der Waals surface area contributed by atoms with Crippen LogP contribution in [0.3, 0.4) is 0 Å². The maximum atomic E-state index is 8.82. The van der Waals surface area contributed by atoms with Crippen LogP contribution in [0.2, 0.25) is 0 Å². The van der Waals surface area contributed by atoms with Gasteiger partial charge in [-0.2, -0.15) is 0 Å². The maximum absolute atomic E-state index is 8.82. The van der Waals surface area contributed by atoms with Crippen molar-refractivity contribution in [2.75, 3.05) is 11.9 Å². The molecule has 0 bridgehead atoms. The van der Waals surface area contributed by atoms with E-state index in [1.54, 1.807) is 6.20 Å². The molecule has 0 aromatic carbocycles. The molecule has 0 amide bonds. The second-order valence-electron chi connectivity index (χ2n) is 3.12. The molecule has 0 saturated carbocycles. The zero-order valence-corrected chi connectivity index (χ0v) is 9.79. The van der Waals surface area contributed by atoms with E-state index in [2.05, 4.69) is 33.2 Å². The Kier molecular flexibility index (Phi) is 4.90. The SMILES string of the molecule is CCC(CCO)Nc1ccc(Br)cn1. The normalized spacial score (nSPS) is 12.5. The summed E-state index contributed by atoms with van der Waals surface area (Å²) in [6.45, 7) is 2.30. The number of nitrogens with one attached hydrogen (secondary N) is 1. The Labute approximate surface area is 92.7 Å². The number of nitrogens with zero attached hydrogens (tertiary/aromatic N) is 1. The van der Waals surface area contributed by atoms with E-state index in [1.165, 1.54) is 0 Å². The first-order valence-corrected chi connectivity index (χ1v) is 5.54. The summed E-state index contributed by atoms with van der Waals surface area (Å²) in [7, 11) is 0. The van der Waals surface area contributed by atoms with Crippen LogP contribution in [0, 0.1) is 0 Å². The molecule has 1 aromatic heterocycles. The minimum Gasteiger partial charge on any atom is -0.396 e. The predicted molar refractivity (Wildman–Crippen MR) is 61.3 cm³/mol. The Morgan fingerprint density at radius 3 is 2.86 bits per heavy atom. The van der Waals surface area contributed by atoms with Crippen molar-refractivity contribution in [1.29, 1.82) is 0 Å². The number of pyridine rings is 1. The van der Waals surface area contributed by atoms with E-state index in [4.69, 9.17) is 5.11 Å².